The highest BCUT2D eigenvalue weighted by atomic mass is 14.9. The SMILES string of the molecule is C/C=C\c1c(-c2cc(-c3cccc(-c4ccnc(C)c4)c3)cc(-c3nc(-c4ccccc4)cc(-c4ccccc4)n3)c2)cc2c(c1C)CCC=C2.CC. The van der Waals surface area contributed by atoms with Crippen LogP contribution in [0, 0.1) is 13.8 Å². The van der Waals surface area contributed by atoms with Crippen molar-refractivity contribution in [3.63, 3.8) is 0 Å². The van der Waals surface area contributed by atoms with Gasteiger partial charge in [0.15, 0.2) is 5.82 Å². The molecule has 0 unspecified atom stereocenters. The minimum absolute atomic E-state index is 0.696. The van der Waals surface area contributed by atoms with Crippen LogP contribution < -0.4 is 0 Å². The topological polar surface area (TPSA) is 38.7 Å². The summed E-state index contributed by atoms with van der Waals surface area (Å²) in [5.74, 6) is 0.696. The van der Waals surface area contributed by atoms with E-state index in [1.165, 1.54) is 27.8 Å². The molecule has 2 aromatic heterocycles. The molecule has 0 N–H and O–H groups in total. The fourth-order valence-electron chi connectivity index (χ4n) is 7.21. The molecule has 0 fully saturated rings. The van der Waals surface area contributed by atoms with Crippen molar-refractivity contribution in [3.05, 3.63) is 174 Å². The lowest BCUT2D eigenvalue weighted by Crippen LogP contribution is -2.02. The van der Waals surface area contributed by atoms with Crippen molar-refractivity contribution in [2.24, 2.45) is 0 Å². The minimum atomic E-state index is 0.696. The van der Waals surface area contributed by atoms with Crippen LogP contribution in [0.2, 0.25) is 0 Å². The molecule has 0 atom stereocenters. The molecule has 0 saturated carbocycles. The highest BCUT2D eigenvalue weighted by molar-refractivity contribution is 5.87. The van der Waals surface area contributed by atoms with E-state index in [0.717, 1.165) is 74.4 Å². The first-order valence-corrected chi connectivity index (χ1v) is 18.7. The van der Waals surface area contributed by atoms with Gasteiger partial charge in [-0.1, -0.05) is 117 Å². The number of benzene rings is 5. The maximum absolute atomic E-state index is 5.25. The molecule has 8 rings (SSSR count). The smallest absolute Gasteiger partial charge is 0.160 e. The predicted molar refractivity (Wildman–Crippen MR) is 225 cm³/mol. The van der Waals surface area contributed by atoms with E-state index in [4.69, 9.17) is 9.97 Å². The number of aromatic nitrogens is 3. The molecule has 3 heteroatoms. The van der Waals surface area contributed by atoms with Crippen LogP contribution in [-0.2, 0) is 6.42 Å². The van der Waals surface area contributed by atoms with Crippen LogP contribution in [0.15, 0.2) is 146 Å². The number of nitrogens with zero attached hydrogens (tertiary/aromatic N) is 3. The number of pyridine rings is 1. The zero-order chi connectivity index (χ0) is 36.7. The zero-order valence-corrected chi connectivity index (χ0v) is 31.3. The number of hydrogen-bond acceptors (Lipinski definition) is 3. The Balaban J connectivity index is 0.00000214. The molecule has 7 aromatic rings. The molecule has 53 heavy (non-hydrogen) atoms. The lowest BCUT2D eigenvalue weighted by Gasteiger charge is -2.21. The highest BCUT2D eigenvalue weighted by Crippen LogP contribution is 2.40. The van der Waals surface area contributed by atoms with Gasteiger partial charge in [-0.15, -0.1) is 0 Å². The highest BCUT2D eigenvalue weighted by Gasteiger charge is 2.19. The molecule has 0 radical (unpaired) electrons. The monoisotopic (exact) mass is 687 g/mol. The van der Waals surface area contributed by atoms with Crippen LogP contribution in [0.1, 0.15) is 55.1 Å². The fourth-order valence-corrected chi connectivity index (χ4v) is 7.21. The lowest BCUT2D eigenvalue weighted by molar-refractivity contribution is 0.970. The third kappa shape index (κ3) is 7.56. The first-order chi connectivity index (χ1) is 26.0. The normalized spacial score (nSPS) is 11.9. The summed E-state index contributed by atoms with van der Waals surface area (Å²) in [6, 6.07) is 45.1. The number of rotatable bonds is 7. The van der Waals surface area contributed by atoms with Gasteiger partial charge in [0.25, 0.3) is 0 Å². The standard InChI is InChI=1S/C48H39N3.C2H6/c1-4-14-44-33(3)43-22-12-11-19-39(43)30-45(44)41-27-40(37-21-13-20-36(26-37)38-23-24-49-32(2)25-38)28-42(29-41)48-50-46(34-15-7-5-8-16-34)31-47(51-48)35-17-9-6-10-18-35;1-2/h4-11,13-21,23-31H,12,22H2,1-3H3;1-2H3/b14-4-;. The Morgan fingerprint density at radius 1 is 0.566 bits per heavy atom. The Morgan fingerprint density at radius 2 is 1.15 bits per heavy atom. The Hall–Kier alpha value is -6.19. The fraction of sp³-hybridized carbons (Fsp3) is 0.140. The third-order valence-electron chi connectivity index (χ3n) is 9.78. The van der Waals surface area contributed by atoms with Crippen molar-refractivity contribution in [1.82, 2.24) is 15.0 Å². The van der Waals surface area contributed by atoms with Crippen molar-refractivity contribution in [1.29, 1.82) is 0 Å². The van der Waals surface area contributed by atoms with Gasteiger partial charge in [-0.05, 0) is 138 Å². The predicted octanol–water partition coefficient (Wildman–Crippen LogP) is 13.5. The third-order valence-corrected chi connectivity index (χ3v) is 9.78. The maximum atomic E-state index is 5.25. The molecule has 0 spiro atoms. The van der Waals surface area contributed by atoms with E-state index in [0.29, 0.717) is 5.82 Å². The Kier molecular flexibility index (Phi) is 10.6. The van der Waals surface area contributed by atoms with E-state index in [9.17, 15) is 0 Å². The van der Waals surface area contributed by atoms with Gasteiger partial charge in [0.2, 0.25) is 0 Å². The second kappa shape index (κ2) is 16.0. The molecule has 1 aliphatic rings. The zero-order valence-electron chi connectivity index (χ0n) is 31.3. The summed E-state index contributed by atoms with van der Waals surface area (Å²) < 4.78 is 0. The van der Waals surface area contributed by atoms with Crippen LogP contribution in [0.3, 0.4) is 0 Å². The molecule has 3 nitrogen and oxygen atoms in total. The van der Waals surface area contributed by atoms with E-state index in [-0.39, 0.29) is 0 Å². The van der Waals surface area contributed by atoms with Crippen LogP contribution in [0.4, 0.5) is 0 Å². The Labute approximate surface area is 314 Å². The maximum Gasteiger partial charge on any atom is 0.160 e. The number of hydrogen-bond donors (Lipinski definition) is 0. The molecule has 5 aromatic carbocycles. The van der Waals surface area contributed by atoms with Gasteiger partial charge in [0.05, 0.1) is 11.4 Å². The van der Waals surface area contributed by atoms with Crippen molar-refractivity contribution in [2.45, 2.75) is 47.5 Å². The first kappa shape index (κ1) is 35.2. The molecule has 1 aliphatic carbocycles. The van der Waals surface area contributed by atoms with Crippen molar-refractivity contribution in [3.8, 4) is 67.3 Å². The number of aryl methyl sites for hydroxylation is 1. The molecule has 2 heterocycles. The van der Waals surface area contributed by atoms with E-state index in [2.05, 4.69) is 158 Å². The van der Waals surface area contributed by atoms with Gasteiger partial charge in [-0.2, -0.15) is 0 Å². The van der Waals surface area contributed by atoms with Gasteiger partial charge < -0.3 is 0 Å². The lowest BCUT2D eigenvalue weighted by atomic mass is 9.84. The van der Waals surface area contributed by atoms with Crippen LogP contribution in [0.5, 0.6) is 0 Å². The van der Waals surface area contributed by atoms with Crippen molar-refractivity contribution < 1.29 is 0 Å². The van der Waals surface area contributed by atoms with Crippen molar-refractivity contribution >= 4 is 12.2 Å². The summed E-state index contributed by atoms with van der Waals surface area (Å²) in [5, 5.41) is 0. The summed E-state index contributed by atoms with van der Waals surface area (Å²) in [6.45, 7) is 10.4. The Bertz CT molecular complexity index is 2380. The van der Waals surface area contributed by atoms with Gasteiger partial charge in [-0.25, -0.2) is 9.97 Å². The molecule has 0 aliphatic heterocycles. The molecular weight excluding hydrogens is 643 g/mol. The van der Waals surface area contributed by atoms with Gasteiger partial charge in [0.1, 0.15) is 0 Å². The average Bonchev–Trinajstić information content (AvgIpc) is 3.23. The number of fused-ring (bicyclic) bond motifs is 1. The summed E-state index contributed by atoms with van der Waals surface area (Å²) in [7, 11) is 0. The number of allylic oxidation sites excluding steroid dienone is 2. The summed E-state index contributed by atoms with van der Waals surface area (Å²) in [6.07, 6.45) is 13.0. The molecular formula is C50H45N3. The van der Waals surface area contributed by atoms with E-state index >= 15 is 0 Å². The minimum Gasteiger partial charge on any atom is -0.262 e. The van der Waals surface area contributed by atoms with Gasteiger partial charge in [0, 0.05) is 28.6 Å². The second-order valence-corrected chi connectivity index (χ2v) is 13.2. The van der Waals surface area contributed by atoms with E-state index < -0.39 is 0 Å². The van der Waals surface area contributed by atoms with Gasteiger partial charge >= 0.3 is 0 Å². The molecule has 0 saturated heterocycles. The summed E-state index contributed by atoms with van der Waals surface area (Å²) in [4.78, 5) is 14.9. The largest absolute Gasteiger partial charge is 0.262 e. The van der Waals surface area contributed by atoms with Crippen LogP contribution >= 0.6 is 0 Å². The average molecular weight is 688 g/mol. The summed E-state index contributed by atoms with van der Waals surface area (Å²) in [5.41, 5.74) is 18.1. The quantitative estimate of drug-likeness (QED) is 0.167. The second-order valence-electron chi connectivity index (χ2n) is 13.2. The first-order valence-electron chi connectivity index (χ1n) is 18.7. The van der Waals surface area contributed by atoms with Crippen molar-refractivity contribution in [2.75, 3.05) is 0 Å². The molecule has 0 amide bonds. The van der Waals surface area contributed by atoms with E-state index in [1.54, 1.807) is 0 Å². The molecule has 260 valence electrons. The van der Waals surface area contributed by atoms with E-state index in [1.807, 2.05) is 39.1 Å². The van der Waals surface area contributed by atoms with Crippen LogP contribution in [-0.4, -0.2) is 15.0 Å². The molecule has 0 bridgehead atoms. The summed E-state index contributed by atoms with van der Waals surface area (Å²) >= 11 is 0. The Morgan fingerprint density at radius 3 is 1.81 bits per heavy atom. The van der Waals surface area contributed by atoms with Gasteiger partial charge in [-0.3, -0.25) is 4.98 Å². The van der Waals surface area contributed by atoms with Crippen LogP contribution in [0.25, 0.3) is 79.4 Å².